The third-order valence-corrected chi connectivity index (χ3v) is 4.82. The highest BCUT2D eigenvalue weighted by molar-refractivity contribution is 7.09. The molecule has 2 aromatic rings. The molecular formula is C17H22N4S. The van der Waals surface area contributed by atoms with E-state index in [4.69, 9.17) is 4.99 Å². The summed E-state index contributed by atoms with van der Waals surface area (Å²) in [6, 6.07) is 10.3. The van der Waals surface area contributed by atoms with Crippen molar-refractivity contribution in [3.63, 3.8) is 0 Å². The van der Waals surface area contributed by atoms with E-state index in [1.165, 1.54) is 24.1 Å². The number of rotatable bonds is 3. The smallest absolute Gasteiger partial charge is 0.198 e. The van der Waals surface area contributed by atoms with Crippen LogP contribution in [0.2, 0.25) is 0 Å². The van der Waals surface area contributed by atoms with E-state index in [-0.39, 0.29) is 0 Å². The lowest BCUT2D eigenvalue weighted by atomic mass is 10.1. The van der Waals surface area contributed by atoms with E-state index in [1.54, 1.807) is 11.3 Å². The number of hydrogen-bond acceptors (Lipinski definition) is 3. The quantitative estimate of drug-likeness (QED) is 0.690. The fraction of sp³-hybridized carbons (Fsp3) is 0.412. The molecule has 1 aliphatic heterocycles. The molecule has 22 heavy (non-hydrogen) atoms. The highest BCUT2D eigenvalue weighted by atomic mass is 32.1. The predicted molar refractivity (Wildman–Crippen MR) is 93.5 cm³/mol. The molecule has 1 saturated heterocycles. The number of aliphatic imine (C=N–C) groups is 1. The van der Waals surface area contributed by atoms with Crippen molar-refractivity contribution in [2.24, 2.45) is 4.99 Å². The minimum Gasteiger partial charge on any atom is -0.343 e. The summed E-state index contributed by atoms with van der Waals surface area (Å²) in [6.45, 7) is 4.91. The Morgan fingerprint density at radius 1 is 1.23 bits per heavy atom. The number of piperidine rings is 1. The lowest BCUT2D eigenvalue weighted by molar-refractivity contribution is 0.340. The fourth-order valence-corrected chi connectivity index (χ4v) is 3.30. The molecule has 0 atom stereocenters. The van der Waals surface area contributed by atoms with Crippen molar-refractivity contribution in [3.8, 4) is 0 Å². The summed E-state index contributed by atoms with van der Waals surface area (Å²) < 4.78 is 0. The largest absolute Gasteiger partial charge is 0.343 e. The first-order chi connectivity index (χ1) is 10.8. The van der Waals surface area contributed by atoms with Crippen molar-refractivity contribution in [3.05, 3.63) is 46.4 Å². The maximum absolute atomic E-state index is 4.85. The van der Waals surface area contributed by atoms with Gasteiger partial charge in [-0.25, -0.2) is 9.98 Å². The molecule has 116 valence electrons. The van der Waals surface area contributed by atoms with Gasteiger partial charge in [-0.2, -0.15) is 0 Å². The van der Waals surface area contributed by atoms with Gasteiger partial charge in [-0.05, 0) is 38.3 Å². The predicted octanol–water partition coefficient (Wildman–Crippen LogP) is 3.91. The van der Waals surface area contributed by atoms with E-state index < -0.39 is 0 Å². The molecule has 1 aromatic heterocycles. The molecule has 0 unspecified atom stereocenters. The zero-order valence-corrected chi connectivity index (χ0v) is 13.8. The van der Waals surface area contributed by atoms with Gasteiger partial charge < -0.3 is 10.2 Å². The summed E-state index contributed by atoms with van der Waals surface area (Å²) in [5.41, 5.74) is 4.07. The van der Waals surface area contributed by atoms with Crippen molar-refractivity contribution in [2.75, 3.05) is 18.4 Å². The van der Waals surface area contributed by atoms with Crippen LogP contribution in [0, 0.1) is 6.92 Å². The second-order valence-electron chi connectivity index (χ2n) is 5.54. The van der Waals surface area contributed by atoms with Gasteiger partial charge in [0.1, 0.15) is 0 Å². The van der Waals surface area contributed by atoms with Crippen molar-refractivity contribution >= 4 is 23.0 Å². The van der Waals surface area contributed by atoms with Crippen LogP contribution in [0.1, 0.15) is 29.8 Å². The van der Waals surface area contributed by atoms with Crippen molar-refractivity contribution < 1.29 is 0 Å². The molecule has 1 fully saturated rings. The number of aryl methyl sites for hydroxylation is 1. The third kappa shape index (κ3) is 3.85. The number of guanidine groups is 1. The summed E-state index contributed by atoms with van der Waals surface area (Å²) in [6.07, 6.45) is 3.81. The molecule has 0 amide bonds. The van der Waals surface area contributed by atoms with Gasteiger partial charge in [0.25, 0.3) is 0 Å². The normalized spacial score (nSPS) is 15.9. The lowest BCUT2D eigenvalue weighted by Gasteiger charge is -2.30. The Kier molecular flexibility index (Phi) is 5.06. The average molecular weight is 314 g/mol. The van der Waals surface area contributed by atoms with Gasteiger partial charge in [0.2, 0.25) is 0 Å². The average Bonchev–Trinajstić information content (AvgIpc) is 2.98. The van der Waals surface area contributed by atoms with Gasteiger partial charge in [-0.3, -0.25) is 0 Å². The molecule has 1 N–H and O–H groups in total. The Morgan fingerprint density at radius 2 is 2.00 bits per heavy atom. The summed E-state index contributed by atoms with van der Waals surface area (Å²) in [5.74, 6) is 0.985. The number of thiazole rings is 1. The Labute approximate surface area is 135 Å². The topological polar surface area (TPSA) is 40.5 Å². The number of nitrogens with zero attached hydrogens (tertiary/aromatic N) is 3. The molecule has 2 heterocycles. The lowest BCUT2D eigenvalue weighted by Crippen LogP contribution is -2.40. The molecular weight excluding hydrogens is 292 g/mol. The standard InChI is InChI=1S/C17H22N4S/c1-14-16(22-13-19-14)12-18-17(21-10-6-3-7-11-21)20-15-8-4-2-5-9-15/h2,4-5,8-9,13H,3,6-7,10-12H2,1H3,(H,18,20). The van der Waals surface area contributed by atoms with Gasteiger partial charge >= 0.3 is 0 Å². The van der Waals surface area contributed by atoms with Crippen LogP contribution in [0.15, 0.2) is 40.8 Å². The number of aromatic nitrogens is 1. The van der Waals surface area contributed by atoms with E-state index in [0.29, 0.717) is 6.54 Å². The Hall–Kier alpha value is -1.88. The van der Waals surface area contributed by atoms with Gasteiger partial charge in [-0.15, -0.1) is 11.3 Å². The maximum Gasteiger partial charge on any atom is 0.198 e. The molecule has 4 nitrogen and oxygen atoms in total. The number of hydrogen-bond donors (Lipinski definition) is 1. The number of benzene rings is 1. The SMILES string of the molecule is Cc1ncsc1CN=C(Nc1ccccc1)N1CCCCC1. The minimum atomic E-state index is 0.697. The van der Waals surface area contributed by atoms with Crippen LogP contribution in [0.25, 0.3) is 0 Å². The van der Waals surface area contributed by atoms with E-state index in [9.17, 15) is 0 Å². The number of likely N-dealkylation sites (tertiary alicyclic amines) is 1. The van der Waals surface area contributed by atoms with Crippen LogP contribution in [0.3, 0.4) is 0 Å². The van der Waals surface area contributed by atoms with Crippen LogP contribution in [-0.2, 0) is 6.54 Å². The summed E-state index contributed by atoms with van der Waals surface area (Å²) in [5, 5.41) is 3.49. The first-order valence-corrected chi connectivity index (χ1v) is 8.71. The Balaban J connectivity index is 1.77. The van der Waals surface area contributed by atoms with E-state index >= 15 is 0 Å². The maximum atomic E-state index is 4.85. The summed E-state index contributed by atoms with van der Waals surface area (Å²) in [4.78, 5) is 12.8. The van der Waals surface area contributed by atoms with Crippen molar-refractivity contribution in [2.45, 2.75) is 32.7 Å². The van der Waals surface area contributed by atoms with Gasteiger partial charge in [0, 0.05) is 23.7 Å². The van der Waals surface area contributed by atoms with Crippen LogP contribution in [0.4, 0.5) is 5.69 Å². The number of nitrogens with one attached hydrogen (secondary N) is 1. The van der Waals surface area contributed by atoms with Crippen molar-refractivity contribution in [1.29, 1.82) is 0 Å². The first kappa shape index (κ1) is 15.0. The second kappa shape index (κ2) is 7.40. The van der Waals surface area contributed by atoms with Gasteiger partial charge in [-0.1, -0.05) is 18.2 Å². The molecule has 1 aliphatic rings. The minimum absolute atomic E-state index is 0.697. The van der Waals surface area contributed by atoms with Gasteiger partial charge in [0.15, 0.2) is 5.96 Å². The third-order valence-electron chi connectivity index (χ3n) is 3.90. The summed E-state index contributed by atoms with van der Waals surface area (Å²) >= 11 is 1.68. The van der Waals surface area contributed by atoms with Gasteiger partial charge in [0.05, 0.1) is 17.7 Å². The Morgan fingerprint density at radius 3 is 2.68 bits per heavy atom. The van der Waals surface area contributed by atoms with Crippen LogP contribution >= 0.6 is 11.3 Å². The van der Waals surface area contributed by atoms with E-state index in [2.05, 4.69) is 27.3 Å². The molecule has 0 bridgehead atoms. The zero-order chi connectivity index (χ0) is 15.2. The molecule has 0 saturated carbocycles. The van der Waals surface area contributed by atoms with E-state index in [1.807, 2.05) is 30.6 Å². The molecule has 3 rings (SSSR count). The zero-order valence-electron chi connectivity index (χ0n) is 13.0. The number of para-hydroxylation sites is 1. The van der Waals surface area contributed by atoms with Crippen molar-refractivity contribution in [1.82, 2.24) is 9.88 Å². The van der Waals surface area contributed by atoms with E-state index in [0.717, 1.165) is 30.4 Å². The first-order valence-electron chi connectivity index (χ1n) is 7.83. The number of anilines is 1. The molecule has 0 radical (unpaired) electrons. The molecule has 5 heteroatoms. The van der Waals surface area contributed by atoms with Crippen LogP contribution in [0.5, 0.6) is 0 Å². The molecule has 0 aliphatic carbocycles. The Bertz CT molecular complexity index is 615. The van der Waals surface area contributed by atoms with Crippen LogP contribution in [-0.4, -0.2) is 28.9 Å². The van der Waals surface area contributed by atoms with Crippen LogP contribution < -0.4 is 5.32 Å². The summed E-state index contributed by atoms with van der Waals surface area (Å²) in [7, 11) is 0. The molecule has 0 spiro atoms. The second-order valence-corrected chi connectivity index (χ2v) is 6.48. The molecule has 1 aromatic carbocycles. The monoisotopic (exact) mass is 314 g/mol. The fourth-order valence-electron chi connectivity index (χ4n) is 2.60. The highest BCUT2D eigenvalue weighted by Gasteiger charge is 2.15. The highest BCUT2D eigenvalue weighted by Crippen LogP contribution is 2.16.